The Kier molecular flexibility index (Phi) is 7.87. The number of nitrogens with zero attached hydrogens (tertiary/aromatic N) is 2. The van der Waals surface area contributed by atoms with Gasteiger partial charge in [-0.05, 0) is 53.4 Å². The SMILES string of the molecule is CCN=C(NC1C2CCCOC2C1(C)C)N1CCC(OC(C)(C)C)CC1.I. The summed E-state index contributed by atoms with van der Waals surface area (Å²) in [7, 11) is 0. The van der Waals surface area contributed by atoms with Gasteiger partial charge in [-0.3, -0.25) is 4.99 Å². The minimum Gasteiger partial charge on any atom is -0.377 e. The van der Waals surface area contributed by atoms with E-state index < -0.39 is 0 Å². The molecule has 1 aliphatic carbocycles. The number of piperidine rings is 1. The van der Waals surface area contributed by atoms with Crippen LogP contribution < -0.4 is 5.32 Å². The number of hydrogen-bond acceptors (Lipinski definition) is 3. The van der Waals surface area contributed by atoms with Crippen molar-refractivity contribution in [2.45, 2.75) is 91.1 Å². The van der Waals surface area contributed by atoms with Crippen LogP contribution in [0, 0.1) is 11.3 Å². The van der Waals surface area contributed by atoms with E-state index in [-0.39, 0.29) is 35.0 Å². The molecule has 0 bridgehead atoms. The fourth-order valence-corrected chi connectivity index (χ4v) is 5.03. The van der Waals surface area contributed by atoms with E-state index in [1.165, 1.54) is 12.8 Å². The zero-order chi connectivity index (χ0) is 18.9. The summed E-state index contributed by atoms with van der Waals surface area (Å²) in [4.78, 5) is 7.25. The van der Waals surface area contributed by atoms with Crippen LogP contribution in [0.15, 0.2) is 4.99 Å². The summed E-state index contributed by atoms with van der Waals surface area (Å²) in [5, 5.41) is 3.83. The number of ether oxygens (including phenoxy) is 2. The smallest absolute Gasteiger partial charge is 0.194 e. The number of rotatable bonds is 3. The van der Waals surface area contributed by atoms with Gasteiger partial charge in [0.15, 0.2) is 5.96 Å². The van der Waals surface area contributed by atoms with Gasteiger partial charge in [0, 0.05) is 43.6 Å². The minimum atomic E-state index is -0.0582. The molecule has 6 heteroatoms. The second-order valence-electron chi connectivity index (χ2n) is 9.76. The van der Waals surface area contributed by atoms with Gasteiger partial charge in [-0.1, -0.05) is 13.8 Å². The molecule has 2 heterocycles. The summed E-state index contributed by atoms with van der Waals surface area (Å²) in [6, 6.07) is 0.460. The van der Waals surface area contributed by atoms with Gasteiger partial charge in [0.05, 0.1) is 17.8 Å². The maximum Gasteiger partial charge on any atom is 0.194 e. The molecule has 1 N–H and O–H groups in total. The average molecular weight is 493 g/mol. The molecule has 3 fully saturated rings. The lowest BCUT2D eigenvalue weighted by Gasteiger charge is -2.60. The van der Waals surface area contributed by atoms with Crippen LogP contribution in [0.4, 0.5) is 0 Å². The first-order valence-corrected chi connectivity index (χ1v) is 10.6. The van der Waals surface area contributed by atoms with E-state index in [1.54, 1.807) is 0 Å². The Morgan fingerprint density at radius 3 is 2.48 bits per heavy atom. The highest BCUT2D eigenvalue weighted by Gasteiger charge is 2.58. The summed E-state index contributed by atoms with van der Waals surface area (Å²) in [5.41, 5.74) is 0.116. The van der Waals surface area contributed by atoms with Gasteiger partial charge in [0.2, 0.25) is 0 Å². The zero-order valence-electron chi connectivity index (χ0n) is 18.1. The third-order valence-electron chi connectivity index (χ3n) is 6.19. The molecule has 2 aliphatic heterocycles. The molecular weight excluding hydrogens is 453 g/mol. The van der Waals surface area contributed by atoms with Crippen molar-refractivity contribution in [2.24, 2.45) is 16.3 Å². The molecule has 27 heavy (non-hydrogen) atoms. The Hall–Kier alpha value is -0.0800. The Bertz CT molecular complexity index is 510. The van der Waals surface area contributed by atoms with Crippen molar-refractivity contribution in [1.29, 1.82) is 0 Å². The van der Waals surface area contributed by atoms with Crippen molar-refractivity contribution < 1.29 is 9.47 Å². The number of likely N-dealkylation sites (tertiary alicyclic amines) is 1. The van der Waals surface area contributed by atoms with E-state index >= 15 is 0 Å². The van der Waals surface area contributed by atoms with Crippen molar-refractivity contribution >= 4 is 29.9 Å². The van der Waals surface area contributed by atoms with Crippen molar-refractivity contribution in [2.75, 3.05) is 26.2 Å². The summed E-state index contributed by atoms with van der Waals surface area (Å²) >= 11 is 0. The van der Waals surface area contributed by atoms with Gasteiger partial charge in [0.1, 0.15) is 0 Å². The molecular formula is C21H40IN3O2. The summed E-state index contributed by atoms with van der Waals surface area (Å²) < 4.78 is 12.2. The highest BCUT2D eigenvalue weighted by atomic mass is 127. The average Bonchev–Trinajstić information content (AvgIpc) is 2.58. The van der Waals surface area contributed by atoms with E-state index in [4.69, 9.17) is 14.5 Å². The Morgan fingerprint density at radius 2 is 1.89 bits per heavy atom. The molecule has 3 rings (SSSR count). The fourth-order valence-electron chi connectivity index (χ4n) is 5.03. The Balaban J connectivity index is 0.00000261. The Morgan fingerprint density at radius 1 is 1.22 bits per heavy atom. The predicted molar refractivity (Wildman–Crippen MR) is 122 cm³/mol. The van der Waals surface area contributed by atoms with Gasteiger partial charge in [0.25, 0.3) is 0 Å². The van der Waals surface area contributed by atoms with Gasteiger partial charge in [-0.25, -0.2) is 0 Å². The van der Waals surface area contributed by atoms with Crippen LogP contribution in [0.2, 0.25) is 0 Å². The highest BCUT2D eigenvalue weighted by Crippen LogP contribution is 2.51. The number of halogens is 1. The molecule has 0 spiro atoms. The molecule has 3 aliphatic rings. The number of aliphatic imine (C=N–C) groups is 1. The topological polar surface area (TPSA) is 46.1 Å². The molecule has 0 radical (unpaired) electrons. The van der Waals surface area contributed by atoms with Crippen LogP contribution in [0.25, 0.3) is 0 Å². The number of guanidine groups is 1. The lowest BCUT2D eigenvalue weighted by molar-refractivity contribution is -0.188. The maximum atomic E-state index is 6.18. The van der Waals surface area contributed by atoms with Crippen LogP contribution >= 0.6 is 24.0 Å². The third-order valence-corrected chi connectivity index (χ3v) is 6.19. The van der Waals surface area contributed by atoms with Crippen molar-refractivity contribution in [3.05, 3.63) is 0 Å². The first-order chi connectivity index (χ1) is 12.2. The Labute approximate surface area is 183 Å². The molecule has 5 nitrogen and oxygen atoms in total. The van der Waals surface area contributed by atoms with Gasteiger partial charge in [-0.2, -0.15) is 0 Å². The van der Waals surface area contributed by atoms with Crippen LogP contribution in [-0.4, -0.2) is 61.0 Å². The van der Waals surface area contributed by atoms with Crippen molar-refractivity contribution in [1.82, 2.24) is 10.2 Å². The molecule has 158 valence electrons. The molecule has 0 aromatic heterocycles. The lowest BCUT2D eigenvalue weighted by Crippen LogP contribution is -2.71. The van der Waals surface area contributed by atoms with Crippen LogP contribution in [0.1, 0.15) is 67.2 Å². The maximum absolute atomic E-state index is 6.18. The van der Waals surface area contributed by atoms with Crippen molar-refractivity contribution in [3.63, 3.8) is 0 Å². The molecule has 0 aromatic rings. The zero-order valence-corrected chi connectivity index (χ0v) is 20.4. The van der Waals surface area contributed by atoms with E-state index in [1.807, 2.05) is 0 Å². The molecule has 3 unspecified atom stereocenters. The van der Waals surface area contributed by atoms with E-state index in [9.17, 15) is 0 Å². The monoisotopic (exact) mass is 493 g/mol. The van der Waals surface area contributed by atoms with Gasteiger partial charge >= 0.3 is 0 Å². The predicted octanol–water partition coefficient (Wildman–Crippen LogP) is 4.05. The molecule has 0 amide bonds. The van der Waals surface area contributed by atoms with Crippen LogP contribution in [0.5, 0.6) is 0 Å². The summed E-state index contributed by atoms with van der Waals surface area (Å²) in [6.45, 7) is 17.0. The van der Waals surface area contributed by atoms with E-state index in [0.717, 1.165) is 45.0 Å². The van der Waals surface area contributed by atoms with Crippen LogP contribution in [-0.2, 0) is 9.47 Å². The van der Waals surface area contributed by atoms with Gasteiger partial charge < -0.3 is 19.7 Å². The lowest BCUT2D eigenvalue weighted by atomic mass is 9.55. The third kappa shape index (κ3) is 5.30. The number of nitrogens with one attached hydrogen (secondary N) is 1. The first kappa shape index (κ1) is 23.2. The summed E-state index contributed by atoms with van der Waals surface area (Å²) in [6.07, 6.45) is 5.38. The second-order valence-corrected chi connectivity index (χ2v) is 9.76. The van der Waals surface area contributed by atoms with Crippen molar-refractivity contribution in [3.8, 4) is 0 Å². The molecule has 3 atom stereocenters. The van der Waals surface area contributed by atoms with E-state index in [2.05, 4.69) is 51.8 Å². The van der Waals surface area contributed by atoms with Gasteiger partial charge in [-0.15, -0.1) is 24.0 Å². The first-order valence-electron chi connectivity index (χ1n) is 10.6. The number of fused-ring (bicyclic) bond motifs is 1. The quantitative estimate of drug-likeness (QED) is 0.366. The largest absolute Gasteiger partial charge is 0.377 e. The molecule has 1 saturated carbocycles. The molecule has 0 aromatic carbocycles. The highest BCUT2D eigenvalue weighted by molar-refractivity contribution is 14.0. The van der Waals surface area contributed by atoms with E-state index in [0.29, 0.717) is 24.2 Å². The number of hydrogen-bond donors (Lipinski definition) is 1. The molecule has 2 saturated heterocycles. The standard InChI is InChI=1S/C21H39N3O2.HI/c1-7-22-19(24-12-10-15(11-13-24)26-20(2,3)4)23-17-16-9-8-14-25-18(16)21(17,5)6;/h15-18H,7-14H2,1-6H3,(H,22,23);1H. The van der Waals surface area contributed by atoms with Crippen LogP contribution in [0.3, 0.4) is 0 Å². The summed E-state index contributed by atoms with van der Waals surface area (Å²) in [5.74, 6) is 1.71. The minimum absolute atomic E-state index is 0. The normalized spacial score (nSPS) is 31.6. The second kappa shape index (κ2) is 9.16. The fraction of sp³-hybridized carbons (Fsp3) is 0.952.